The van der Waals surface area contributed by atoms with Gasteiger partial charge in [-0.05, 0) is 65.2 Å². The molecule has 0 spiro atoms. The molecule has 0 aliphatic carbocycles. The van der Waals surface area contributed by atoms with E-state index in [1.165, 1.54) is 0 Å². The third-order valence-electron chi connectivity index (χ3n) is 5.51. The van der Waals surface area contributed by atoms with Gasteiger partial charge in [-0.25, -0.2) is 14.8 Å². The van der Waals surface area contributed by atoms with E-state index >= 15 is 0 Å². The number of anilines is 1. The molecule has 0 radical (unpaired) electrons. The maximum atomic E-state index is 12.2. The lowest BCUT2D eigenvalue weighted by Gasteiger charge is -2.40. The summed E-state index contributed by atoms with van der Waals surface area (Å²) < 4.78 is 5.50. The second kappa shape index (κ2) is 8.21. The van der Waals surface area contributed by atoms with Gasteiger partial charge >= 0.3 is 6.09 Å². The van der Waals surface area contributed by atoms with E-state index in [4.69, 9.17) is 16.3 Å². The Labute approximate surface area is 167 Å². The summed E-state index contributed by atoms with van der Waals surface area (Å²) in [5.74, 6) is 3.07. The van der Waals surface area contributed by atoms with Crippen LogP contribution in [-0.4, -0.2) is 52.7 Å². The van der Waals surface area contributed by atoms with Gasteiger partial charge in [0, 0.05) is 32.2 Å². The number of rotatable bonds is 2. The lowest BCUT2D eigenvalue weighted by molar-refractivity contribution is 0.0152. The van der Waals surface area contributed by atoms with E-state index in [1.807, 2.05) is 38.7 Å². The summed E-state index contributed by atoms with van der Waals surface area (Å²) in [6.07, 6.45) is 4.30. The molecule has 7 heteroatoms. The number of hydrogen-bond acceptors (Lipinski definition) is 5. The van der Waals surface area contributed by atoms with Gasteiger partial charge in [0.05, 0.1) is 0 Å². The Kier molecular flexibility index (Phi) is 6.14. The van der Waals surface area contributed by atoms with Crippen molar-refractivity contribution in [3.63, 3.8) is 0 Å². The summed E-state index contributed by atoms with van der Waals surface area (Å²) in [6, 6.07) is 1.86. The zero-order valence-electron chi connectivity index (χ0n) is 16.9. The van der Waals surface area contributed by atoms with Crippen molar-refractivity contribution in [2.45, 2.75) is 59.0 Å². The molecule has 3 rings (SSSR count). The molecular formula is C20H31ClN4O2. The molecule has 2 aliphatic rings. The first-order valence-electron chi connectivity index (χ1n) is 9.95. The molecule has 1 aromatic heterocycles. The van der Waals surface area contributed by atoms with Crippen LogP contribution in [0, 0.1) is 18.8 Å². The Balaban J connectivity index is 1.48. The minimum Gasteiger partial charge on any atom is -0.444 e. The molecule has 0 atom stereocenters. The smallest absolute Gasteiger partial charge is 0.410 e. The number of amides is 1. The maximum absolute atomic E-state index is 12.2. The highest BCUT2D eigenvalue weighted by atomic mass is 35.5. The summed E-state index contributed by atoms with van der Waals surface area (Å²) >= 11 is 6.08. The number of aryl methyl sites for hydroxylation is 1. The number of ether oxygens (including phenoxy) is 1. The van der Waals surface area contributed by atoms with Crippen LogP contribution < -0.4 is 4.90 Å². The van der Waals surface area contributed by atoms with Gasteiger partial charge in [-0.2, -0.15) is 0 Å². The van der Waals surface area contributed by atoms with Gasteiger partial charge in [0.2, 0.25) is 0 Å². The fraction of sp³-hybridized carbons (Fsp3) is 0.750. The second-order valence-corrected chi connectivity index (χ2v) is 9.11. The monoisotopic (exact) mass is 394 g/mol. The Hall–Kier alpha value is -1.56. The third-order valence-corrected chi connectivity index (χ3v) is 5.71. The number of aromatic nitrogens is 2. The minimum atomic E-state index is -0.428. The van der Waals surface area contributed by atoms with Crippen molar-refractivity contribution in [2.75, 3.05) is 31.1 Å². The fourth-order valence-corrected chi connectivity index (χ4v) is 4.38. The van der Waals surface area contributed by atoms with E-state index in [2.05, 4.69) is 14.9 Å². The molecule has 2 aliphatic heterocycles. The van der Waals surface area contributed by atoms with Crippen LogP contribution in [0.3, 0.4) is 0 Å². The van der Waals surface area contributed by atoms with E-state index in [0.29, 0.717) is 16.9 Å². The Bertz CT molecular complexity index is 640. The van der Waals surface area contributed by atoms with Crippen LogP contribution in [0.1, 0.15) is 52.3 Å². The number of carbonyl (C=O) groups excluding carboxylic acids is 1. The predicted octanol–water partition coefficient (Wildman–Crippen LogP) is 4.30. The standard InChI is InChI=1S/C20H31ClN4O2/c1-14-22-17(21)13-18(23-14)24-9-5-15(6-10-24)16-7-11-25(12-8-16)19(26)27-20(2,3)4/h13,15-16H,5-12H2,1-4H3. The molecule has 0 unspecified atom stereocenters. The average molecular weight is 395 g/mol. The van der Waals surface area contributed by atoms with E-state index in [-0.39, 0.29) is 6.09 Å². The molecular weight excluding hydrogens is 364 g/mol. The predicted molar refractivity (Wildman–Crippen MR) is 107 cm³/mol. The number of piperidine rings is 2. The Morgan fingerprint density at radius 2 is 1.63 bits per heavy atom. The van der Waals surface area contributed by atoms with Crippen molar-refractivity contribution >= 4 is 23.5 Å². The molecule has 0 N–H and O–H groups in total. The van der Waals surface area contributed by atoms with Crippen LogP contribution in [0.15, 0.2) is 6.07 Å². The SMILES string of the molecule is Cc1nc(Cl)cc(N2CCC(C3CCN(C(=O)OC(C)(C)C)CC3)CC2)n1. The summed E-state index contributed by atoms with van der Waals surface area (Å²) in [7, 11) is 0. The first kappa shape index (κ1) is 20.2. The summed E-state index contributed by atoms with van der Waals surface area (Å²) in [4.78, 5) is 25.1. The number of hydrogen-bond donors (Lipinski definition) is 0. The van der Waals surface area contributed by atoms with Crippen LogP contribution in [0.2, 0.25) is 5.15 Å². The van der Waals surface area contributed by atoms with E-state index < -0.39 is 5.60 Å². The molecule has 6 nitrogen and oxygen atoms in total. The first-order valence-corrected chi connectivity index (χ1v) is 10.3. The lowest BCUT2D eigenvalue weighted by Crippen LogP contribution is -2.44. The zero-order chi connectivity index (χ0) is 19.6. The first-order chi connectivity index (χ1) is 12.7. The number of halogens is 1. The van der Waals surface area contributed by atoms with Gasteiger partial charge in [-0.3, -0.25) is 0 Å². The lowest BCUT2D eigenvalue weighted by atomic mass is 9.79. The molecule has 27 heavy (non-hydrogen) atoms. The van der Waals surface area contributed by atoms with Crippen LogP contribution in [0.25, 0.3) is 0 Å². The van der Waals surface area contributed by atoms with Gasteiger partial charge < -0.3 is 14.5 Å². The second-order valence-electron chi connectivity index (χ2n) is 8.73. The van der Waals surface area contributed by atoms with Crippen molar-refractivity contribution in [3.8, 4) is 0 Å². The number of likely N-dealkylation sites (tertiary alicyclic amines) is 1. The average Bonchev–Trinajstić information content (AvgIpc) is 2.60. The largest absolute Gasteiger partial charge is 0.444 e. The van der Waals surface area contributed by atoms with Gasteiger partial charge in [-0.1, -0.05) is 11.6 Å². The zero-order valence-corrected chi connectivity index (χ0v) is 17.6. The van der Waals surface area contributed by atoms with Crippen LogP contribution in [-0.2, 0) is 4.74 Å². The highest BCUT2D eigenvalue weighted by Gasteiger charge is 2.32. The molecule has 0 aromatic carbocycles. The van der Waals surface area contributed by atoms with Crippen LogP contribution in [0.4, 0.5) is 10.6 Å². The summed E-state index contributed by atoms with van der Waals surface area (Å²) in [6.45, 7) is 11.2. The van der Waals surface area contributed by atoms with Crippen molar-refractivity contribution in [1.82, 2.24) is 14.9 Å². The molecule has 1 amide bonds. The summed E-state index contributed by atoms with van der Waals surface area (Å²) in [5.41, 5.74) is -0.428. The molecule has 2 saturated heterocycles. The van der Waals surface area contributed by atoms with Crippen molar-refractivity contribution in [3.05, 3.63) is 17.0 Å². The maximum Gasteiger partial charge on any atom is 0.410 e. The fourth-order valence-electron chi connectivity index (χ4n) is 4.16. The van der Waals surface area contributed by atoms with Crippen LogP contribution >= 0.6 is 11.6 Å². The van der Waals surface area contributed by atoms with Gasteiger partial charge in [0.1, 0.15) is 22.4 Å². The molecule has 2 fully saturated rings. The van der Waals surface area contributed by atoms with E-state index in [0.717, 1.165) is 63.6 Å². The Morgan fingerprint density at radius 1 is 1.07 bits per heavy atom. The molecule has 1 aromatic rings. The van der Waals surface area contributed by atoms with Crippen molar-refractivity contribution < 1.29 is 9.53 Å². The molecule has 0 saturated carbocycles. The molecule has 3 heterocycles. The highest BCUT2D eigenvalue weighted by Crippen LogP contribution is 2.34. The number of nitrogens with zero attached hydrogens (tertiary/aromatic N) is 4. The third kappa shape index (κ3) is 5.47. The van der Waals surface area contributed by atoms with Crippen molar-refractivity contribution in [1.29, 1.82) is 0 Å². The van der Waals surface area contributed by atoms with Crippen molar-refractivity contribution in [2.24, 2.45) is 11.8 Å². The minimum absolute atomic E-state index is 0.174. The van der Waals surface area contributed by atoms with E-state index in [1.54, 1.807) is 0 Å². The van der Waals surface area contributed by atoms with Gasteiger partial charge in [0.15, 0.2) is 0 Å². The molecule has 150 valence electrons. The van der Waals surface area contributed by atoms with Gasteiger partial charge in [-0.15, -0.1) is 0 Å². The normalized spacial score (nSPS) is 20.0. The highest BCUT2D eigenvalue weighted by molar-refractivity contribution is 6.29. The number of carbonyl (C=O) groups is 1. The van der Waals surface area contributed by atoms with Gasteiger partial charge in [0.25, 0.3) is 0 Å². The van der Waals surface area contributed by atoms with E-state index in [9.17, 15) is 4.79 Å². The topological polar surface area (TPSA) is 58.6 Å². The molecule has 0 bridgehead atoms. The van der Waals surface area contributed by atoms with Crippen LogP contribution in [0.5, 0.6) is 0 Å². The Morgan fingerprint density at radius 3 is 2.15 bits per heavy atom. The quantitative estimate of drug-likeness (QED) is 0.700. The summed E-state index contributed by atoms with van der Waals surface area (Å²) in [5, 5.41) is 0.508.